The molecule has 1 N–H and O–H groups in total. The Bertz CT molecular complexity index is 688. The van der Waals surface area contributed by atoms with Crippen molar-refractivity contribution in [3.05, 3.63) is 41.5 Å². The normalized spacial score (nSPS) is 20.8. The Kier molecular flexibility index (Phi) is 5.16. The molecule has 25 heavy (non-hydrogen) atoms. The average Bonchev–Trinajstić information content (AvgIpc) is 3.07. The molecule has 6 heteroatoms. The van der Waals surface area contributed by atoms with E-state index in [1.807, 2.05) is 37.3 Å². The minimum atomic E-state index is -0.392. The van der Waals surface area contributed by atoms with Gasteiger partial charge in [-0.3, -0.25) is 14.4 Å². The molecule has 6 nitrogen and oxygen atoms in total. The van der Waals surface area contributed by atoms with E-state index in [0.717, 1.165) is 5.56 Å². The van der Waals surface area contributed by atoms with Gasteiger partial charge in [-0.05, 0) is 25.0 Å². The lowest BCUT2D eigenvalue weighted by atomic mass is 10.1. The first kappa shape index (κ1) is 17.2. The molecule has 2 fully saturated rings. The number of benzene rings is 1. The third-order valence-electron chi connectivity index (χ3n) is 4.69. The molecule has 0 saturated carbocycles. The van der Waals surface area contributed by atoms with Crippen molar-refractivity contribution in [3.63, 3.8) is 0 Å². The Morgan fingerprint density at radius 3 is 2.32 bits per heavy atom. The zero-order valence-corrected chi connectivity index (χ0v) is 14.4. The van der Waals surface area contributed by atoms with Gasteiger partial charge in [-0.25, -0.2) is 0 Å². The number of nitrogens with one attached hydrogen (secondary N) is 1. The van der Waals surface area contributed by atoms with Crippen molar-refractivity contribution in [1.82, 2.24) is 15.1 Å². The van der Waals surface area contributed by atoms with E-state index in [-0.39, 0.29) is 17.7 Å². The summed E-state index contributed by atoms with van der Waals surface area (Å²) in [5.74, 6) is -0.136. The van der Waals surface area contributed by atoms with Crippen LogP contribution in [-0.2, 0) is 14.4 Å². The van der Waals surface area contributed by atoms with Crippen LogP contribution in [-0.4, -0.2) is 59.7 Å². The van der Waals surface area contributed by atoms with Crippen molar-refractivity contribution >= 4 is 23.8 Å². The van der Waals surface area contributed by atoms with E-state index >= 15 is 0 Å². The topological polar surface area (TPSA) is 69.7 Å². The molecule has 1 aromatic carbocycles. The Balaban J connectivity index is 1.49. The van der Waals surface area contributed by atoms with Crippen molar-refractivity contribution in [2.24, 2.45) is 0 Å². The first-order valence-electron chi connectivity index (χ1n) is 8.65. The number of hydrogen-bond donors (Lipinski definition) is 1. The zero-order chi connectivity index (χ0) is 17.8. The van der Waals surface area contributed by atoms with E-state index in [1.165, 1.54) is 5.56 Å². The summed E-state index contributed by atoms with van der Waals surface area (Å²) in [4.78, 5) is 39.4. The summed E-state index contributed by atoms with van der Waals surface area (Å²) in [6.07, 6.45) is 4.38. The molecule has 2 saturated heterocycles. The van der Waals surface area contributed by atoms with Crippen LogP contribution in [0.1, 0.15) is 24.0 Å². The lowest BCUT2D eigenvalue weighted by molar-refractivity contribution is -0.139. The van der Waals surface area contributed by atoms with Crippen LogP contribution in [0.3, 0.4) is 0 Å². The SMILES string of the molecule is Cc1ccc(/C=C/C(=O)N2CCN(C(=O)C3CCC(=O)N3)CC2)cc1. The molecule has 132 valence electrons. The molecule has 0 aliphatic carbocycles. The van der Waals surface area contributed by atoms with Crippen LogP contribution in [0.2, 0.25) is 0 Å². The first-order valence-corrected chi connectivity index (χ1v) is 8.65. The van der Waals surface area contributed by atoms with Gasteiger partial charge >= 0.3 is 0 Å². The third kappa shape index (κ3) is 4.26. The predicted molar refractivity (Wildman–Crippen MR) is 94.5 cm³/mol. The van der Waals surface area contributed by atoms with E-state index in [9.17, 15) is 14.4 Å². The highest BCUT2D eigenvalue weighted by molar-refractivity contribution is 5.93. The molecule has 3 amide bonds. The number of aryl methyl sites for hydroxylation is 1. The number of nitrogens with zero attached hydrogens (tertiary/aromatic N) is 2. The second kappa shape index (κ2) is 7.51. The first-order chi connectivity index (χ1) is 12.0. The quantitative estimate of drug-likeness (QED) is 0.833. The van der Waals surface area contributed by atoms with Crippen molar-refractivity contribution < 1.29 is 14.4 Å². The molecule has 2 heterocycles. The second-order valence-corrected chi connectivity index (χ2v) is 6.55. The van der Waals surface area contributed by atoms with E-state index in [0.29, 0.717) is 39.0 Å². The summed E-state index contributed by atoms with van der Waals surface area (Å²) < 4.78 is 0. The average molecular weight is 341 g/mol. The van der Waals surface area contributed by atoms with Crippen LogP contribution in [0.15, 0.2) is 30.3 Å². The molecule has 0 bridgehead atoms. The zero-order valence-electron chi connectivity index (χ0n) is 14.4. The fourth-order valence-electron chi connectivity index (χ4n) is 3.12. The number of carbonyl (C=O) groups is 3. The van der Waals surface area contributed by atoms with Crippen molar-refractivity contribution in [3.8, 4) is 0 Å². The summed E-state index contributed by atoms with van der Waals surface area (Å²) in [6, 6.07) is 7.58. The van der Waals surface area contributed by atoms with Crippen LogP contribution >= 0.6 is 0 Å². The molecule has 1 atom stereocenters. The summed E-state index contributed by atoms with van der Waals surface area (Å²) in [5.41, 5.74) is 2.17. The predicted octanol–water partition coefficient (Wildman–Crippen LogP) is 0.958. The lowest BCUT2D eigenvalue weighted by Crippen LogP contribution is -2.54. The van der Waals surface area contributed by atoms with Gasteiger partial charge in [0.05, 0.1) is 0 Å². The van der Waals surface area contributed by atoms with E-state index in [4.69, 9.17) is 0 Å². The molecule has 1 aromatic rings. The molecular weight excluding hydrogens is 318 g/mol. The van der Waals surface area contributed by atoms with Gasteiger partial charge in [-0.1, -0.05) is 29.8 Å². The number of piperazine rings is 1. The Morgan fingerprint density at radius 1 is 1.08 bits per heavy atom. The van der Waals surface area contributed by atoms with Crippen LogP contribution in [0, 0.1) is 6.92 Å². The van der Waals surface area contributed by atoms with Crippen LogP contribution in [0.25, 0.3) is 6.08 Å². The number of amides is 3. The van der Waals surface area contributed by atoms with E-state index in [1.54, 1.807) is 15.9 Å². The Hall–Kier alpha value is -2.63. The van der Waals surface area contributed by atoms with Gasteiger partial charge in [0.25, 0.3) is 0 Å². The minimum absolute atomic E-state index is 0.0341. The van der Waals surface area contributed by atoms with Gasteiger partial charge in [0.1, 0.15) is 6.04 Å². The Labute approximate surface area is 147 Å². The van der Waals surface area contributed by atoms with Crippen LogP contribution in [0.4, 0.5) is 0 Å². The summed E-state index contributed by atoms with van der Waals surface area (Å²) >= 11 is 0. The molecule has 0 spiro atoms. The maximum absolute atomic E-state index is 12.4. The lowest BCUT2D eigenvalue weighted by Gasteiger charge is -2.35. The summed E-state index contributed by atoms with van der Waals surface area (Å²) in [6.45, 7) is 4.08. The molecule has 2 aliphatic rings. The highest BCUT2D eigenvalue weighted by atomic mass is 16.2. The molecule has 2 aliphatic heterocycles. The van der Waals surface area contributed by atoms with Crippen LogP contribution < -0.4 is 5.32 Å². The maximum atomic E-state index is 12.4. The smallest absolute Gasteiger partial charge is 0.246 e. The standard InChI is InChI=1S/C19H23N3O3/c1-14-2-4-15(5-3-14)6-9-18(24)21-10-12-22(13-11-21)19(25)16-7-8-17(23)20-16/h2-6,9,16H,7-8,10-13H2,1H3,(H,20,23)/b9-6+. The number of carbonyl (C=O) groups excluding carboxylic acids is 3. The molecule has 0 aromatic heterocycles. The van der Waals surface area contributed by atoms with Crippen molar-refractivity contribution in [2.45, 2.75) is 25.8 Å². The van der Waals surface area contributed by atoms with Gasteiger partial charge < -0.3 is 15.1 Å². The maximum Gasteiger partial charge on any atom is 0.246 e. The molecule has 1 unspecified atom stereocenters. The van der Waals surface area contributed by atoms with Gasteiger partial charge in [-0.2, -0.15) is 0 Å². The summed E-state index contributed by atoms with van der Waals surface area (Å²) in [5, 5.41) is 2.71. The minimum Gasteiger partial charge on any atom is -0.344 e. The van der Waals surface area contributed by atoms with E-state index < -0.39 is 6.04 Å². The van der Waals surface area contributed by atoms with Gasteiger partial charge in [-0.15, -0.1) is 0 Å². The second-order valence-electron chi connectivity index (χ2n) is 6.55. The molecule has 0 radical (unpaired) electrons. The third-order valence-corrected chi connectivity index (χ3v) is 4.69. The number of rotatable bonds is 3. The van der Waals surface area contributed by atoms with Crippen molar-refractivity contribution in [2.75, 3.05) is 26.2 Å². The Morgan fingerprint density at radius 2 is 1.72 bits per heavy atom. The van der Waals surface area contributed by atoms with E-state index in [2.05, 4.69) is 5.32 Å². The fourth-order valence-corrected chi connectivity index (χ4v) is 3.12. The van der Waals surface area contributed by atoms with Gasteiger partial charge in [0.2, 0.25) is 17.7 Å². The van der Waals surface area contributed by atoms with Gasteiger partial charge in [0, 0.05) is 38.7 Å². The molecule has 3 rings (SSSR count). The highest BCUT2D eigenvalue weighted by Gasteiger charge is 2.32. The van der Waals surface area contributed by atoms with Crippen LogP contribution in [0.5, 0.6) is 0 Å². The molecular formula is C19H23N3O3. The fraction of sp³-hybridized carbons (Fsp3) is 0.421. The monoisotopic (exact) mass is 341 g/mol. The largest absolute Gasteiger partial charge is 0.344 e. The van der Waals surface area contributed by atoms with Crippen molar-refractivity contribution in [1.29, 1.82) is 0 Å². The highest BCUT2D eigenvalue weighted by Crippen LogP contribution is 2.12. The summed E-state index contributed by atoms with van der Waals surface area (Å²) in [7, 11) is 0. The van der Waals surface area contributed by atoms with Gasteiger partial charge in [0.15, 0.2) is 0 Å². The number of hydrogen-bond acceptors (Lipinski definition) is 3.